The van der Waals surface area contributed by atoms with Gasteiger partial charge in [0.15, 0.2) is 0 Å². The number of piperazine rings is 1. The molecule has 0 bridgehead atoms. The number of fused-ring (bicyclic) bond motifs is 1. The number of benzene rings is 2. The Morgan fingerprint density at radius 1 is 1.10 bits per heavy atom. The maximum absolute atomic E-state index is 13.5. The highest BCUT2D eigenvalue weighted by Crippen LogP contribution is 2.30. The summed E-state index contributed by atoms with van der Waals surface area (Å²) in [6.07, 6.45) is 1.67. The van der Waals surface area contributed by atoms with E-state index in [1.807, 2.05) is 12.1 Å². The van der Waals surface area contributed by atoms with Gasteiger partial charge in [-0.05, 0) is 41.7 Å². The van der Waals surface area contributed by atoms with E-state index >= 15 is 0 Å². The molecule has 1 atom stereocenters. The molecule has 8 heteroatoms. The molecule has 0 aliphatic carbocycles. The van der Waals surface area contributed by atoms with Crippen LogP contribution < -0.4 is 10.6 Å². The van der Waals surface area contributed by atoms with Gasteiger partial charge in [-0.3, -0.25) is 4.79 Å². The van der Waals surface area contributed by atoms with Crippen molar-refractivity contribution in [2.75, 3.05) is 26.2 Å². The number of sulfonamides is 1. The second-order valence-electron chi connectivity index (χ2n) is 7.26. The molecule has 2 heterocycles. The zero-order valence-electron chi connectivity index (χ0n) is 16.3. The van der Waals surface area contributed by atoms with Crippen LogP contribution in [0, 0.1) is 0 Å². The van der Waals surface area contributed by atoms with Crippen molar-refractivity contribution in [2.24, 2.45) is 0 Å². The zero-order chi connectivity index (χ0) is 19.7. The van der Waals surface area contributed by atoms with Crippen molar-refractivity contribution in [1.82, 2.24) is 14.9 Å². The van der Waals surface area contributed by atoms with Crippen LogP contribution in [0.1, 0.15) is 40.0 Å². The number of halogens is 1. The molecule has 1 fully saturated rings. The number of nitrogens with one attached hydrogen (secondary N) is 2. The Kier molecular flexibility index (Phi) is 6.63. The first-order valence-corrected chi connectivity index (χ1v) is 11.2. The molecular formula is C21H26ClN3O3S. The SMILES string of the molecule is CCc1ccc(C2CNCCN2S(=O)(=O)c2ccc3c(c2)C(=O)NCC3)cc1.Cl. The second kappa shape index (κ2) is 8.83. The number of nitrogens with zero attached hydrogens (tertiary/aromatic N) is 1. The number of rotatable bonds is 4. The van der Waals surface area contributed by atoms with Gasteiger partial charge in [0.2, 0.25) is 10.0 Å². The molecule has 2 aromatic rings. The van der Waals surface area contributed by atoms with Crippen LogP contribution in [0.4, 0.5) is 0 Å². The van der Waals surface area contributed by atoms with Gasteiger partial charge in [0, 0.05) is 31.7 Å². The summed E-state index contributed by atoms with van der Waals surface area (Å²) >= 11 is 0. The molecule has 2 aliphatic heterocycles. The van der Waals surface area contributed by atoms with Gasteiger partial charge in [-0.1, -0.05) is 37.3 Å². The van der Waals surface area contributed by atoms with Gasteiger partial charge < -0.3 is 10.6 Å². The third kappa shape index (κ3) is 4.19. The molecule has 2 aliphatic rings. The Labute approximate surface area is 178 Å². The molecule has 0 saturated carbocycles. The fraction of sp³-hybridized carbons (Fsp3) is 0.381. The average Bonchev–Trinajstić information content (AvgIpc) is 2.74. The van der Waals surface area contributed by atoms with Crippen molar-refractivity contribution in [2.45, 2.75) is 30.7 Å². The van der Waals surface area contributed by atoms with E-state index in [-0.39, 0.29) is 29.3 Å². The van der Waals surface area contributed by atoms with Crippen molar-refractivity contribution in [3.63, 3.8) is 0 Å². The van der Waals surface area contributed by atoms with Crippen LogP contribution in [0.2, 0.25) is 0 Å². The van der Waals surface area contributed by atoms with Crippen LogP contribution in [-0.4, -0.2) is 44.8 Å². The van der Waals surface area contributed by atoms with Crippen molar-refractivity contribution in [3.8, 4) is 0 Å². The molecule has 0 aromatic heterocycles. The Bertz CT molecular complexity index is 993. The number of carbonyl (C=O) groups excluding carboxylic acids is 1. The summed E-state index contributed by atoms with van der Waals surface area (Å²) in [5.41, 5.74) is 3.56. The first kappa shape index (κ1) is 21.8. The monoisotopic (exact) mass is 435 g/mol. The lowest BCUT2D eigenvalue weighted by molar-refractivity contribution is 0.0945. The fourth-order valence-corrected chi connectivity index (χ4v) is 5.56. The summed E-state index contributed by atoms with van der Waals surface area (Å²) in [6, 6.07) is 12.8. The first-order valence-electron chi connectivity index (χ1n) is 9.73. The van der Waals surface area contributed by atoms with Crippen molar-refractivity contribution in [1.29, 1.82) is 0 Å². The minimum atomic E-state index is -3.72. The van der Waals surface area contributed by atoms with E-state index < -0.39 is 10.0 Å². The van der Waals surface area contributed by atoms with E-state index in [0.717, 1.165) is 24.0 Å². The minimum Gasteiger partial charge on any atom is -0.352 e. The summed E-state index contributed by atoms with van der Waals surface area (Å²) in [7, 11) is -3.72. The number of aryl methyl sites for hydroxylation is 1. The maximum atomic E-state index is 13.5. The third-order valence-electron chi connectivity index (χ3n) is 5.58. The van der Waals surface area contributed by atoms with Gasteiger partial charge in [0.05, 0.1) is 10.9 Å². The summed E-state index contributed by atoms with van der Waals surface area (Å²) in [5, 5.41) is 6.09. The van der Waals surface area contributed by atoms with Crippen LogP contribution >= 0.6 is 12.4 Å². The van der Waals surface area contributed by atoms with E-state index in [2.05, 4.69) is 29.7 Å². The Hall–Kier alpha value is -1.93. The molecule has 156 valence electrons. The summed E-state index contributed by atoms with van der Waals surface area (Å²) in [4.78, 5) is 12.3. The lowest BCUT2D eigenvalue weighted by Crippen LogP contribution is -2.48. The average molecular weight is 436 g/mol. The topological polar surface area (TPSA) is 78.5 Å². The smallest absolute Gasteiger partial charge is 0.251 e. The fourth-order valence-electron chi connectivity index (χ4n) is 3.92. The van der Waals surface area contributed by atoms with Gasteiger partial charge in [-0.15, -0.1) is 12.4 Å². The molecule has 29 heavy (non-hydrogen) atoms. The van der Waals surface area contributed by atoms with E-state index in [1.54, 1.807) is 16.4 Å². The van der Waals surface area contributed by atoms with Crippen LogP contribution in [0.3, 0.4) is 0 Å². The highest BCUT2D eigenvalue weighted by atomic mass is 35.5. The Balaban J connectivity index is 0.00000240. The van der Waals surface area contributed by atoms with Gasteiger partial charge in [0.25, 0.3) is 5.91 Å². The van der Waals surface area contributed by atoms with Crippen molar-refractivity contribution >= 4 is 28.3 Å². The third-order valence-corrected chi connectivity index (χ3v) is 7.48. The predicted octanol–water partition coefficient (Wildman–Crippen LogP) is 2.29. The van der Waals surface area contributed by atoms with Gasteiger partial charge in [-0.25, -0.2) is 8.42 Å². The van der Waals surface area contributed by atoms with Crippen molar-refractivity contribution < 1.29 is 13.2 Å². The lowest BCUT2D eigenvalue weighted by Gasteiger charge is -2.35. The Morgan fingerprint density at radius 3 is 2.59 bits per heavy atom. The summed E-state index contributed by atoms with van der Waals surface area (Å²) in [6.45, 7) is 4.25. The molecule has 0 radical (unpaired) electrons. The van der Waals surface area contributed by atoms with Crippen LogP contribution in [-0.2, 0) is 22.9 Å². The quantitative estimate of drug-likeness (QED) is 0.772. The number of hydrogen-bond acceptors (Lipinski definition) is 4. The summed E-state index contributed by atoms with van der Waals surface area (Å²) < 4.78 is 28.5. The highest BCUT2D eigenvalue weighted by molar-refractivity contribution is 7.89. The van der Waals surface area contributed by atoms with E-state index in [9.17, 15) is 13.2 Å². The van der Waals surface area contributed by atoms with Gasteiger partial charge in [0.1, 0.15) is 0 Å². The minimum absolute atomic E-state index is 0. The zero-order valence-corrected chi connectivity index (χ0v) is 18.0. The summed E-state index contributed by atoms with van der Waals surface area (Å²) in [5.74, 6) is -0.203. The largest absolute Gasteiger partial charge is 0.352 e. The van der Waals surface area contributed by atoms with E-state index in [1.165, 1.54) is 11.6 Å². The van der Waals surface area contributed by atoms with Crippen molar-refractivity contribution in [3.05, 3.63) is 64.7 Å². The molecular weight excluding hydrogens is 410 g/mol. The maximum Gasteiger partial charge on any atom is 0.251 e. The molecule has 1 amide bonds. The van der Waals surface area contributed by atoms with Gasteiger partial charge in [-0.2, -0.15) is 4.31 Å². The molecule has 4 rings (SSSR count). The number of amides is 1. The molecule has 2 N–H and O–H groups in total. The lowest BCUT2D eigenvalue weighted by atomic mass is 10.0. The molecule has 2 aromatic carbocycles. The normalized spacial score (nSPS) is 19.8. The predicted molar refractivity (Wildman–Crippen MR) is 115 cm³/mol. The standard InChI is InChI=1S/C21H25N3O3S.ClH/c1-2-15-3-5-17(6-4-15)20-14-22-11-12-24(20)28(26,27)18-8-7-16-9-10-23-21(25)19(16)13-18;/h3-8,13,20,22H,2,9-12,14H2,1H3,(H,23,25);1H. The molecule has 0 spiro atoms. The van der Waals surface area contributed by atoms with Crippen LogP contribution in [0.15, 0.2) is 47.4 Å². The van der Waals surface area contributed by atoms with E-state index in [4.69, 9.17) is 0 Å². The van der Waals surface area contributed by atoms with Crippen LogP contribution in [0.25, 0.3) is 0 Å². The Morgan fingerprint density at radius 2 is 1.86 bits per heavy atom. The highest BCUT2D eigenvalue weighted by Gasteiger charge is 2.35. The van der Waals surface area contributed by atoms with E-state index in [0.29, 0.717) is 31.7 Å². The molecule has 1 unspecified atom stereocenters. The number of carbonyl (C=O) groups is 1. The number of hydrogen-bond donors (Lipinski definition) is 2. The van der Waals surface area contributed by atoms with Crippen LogP contribution in [0.5, 0.6) is 0 Å². The van der Waals surface area contributed by atoms with Gasteiger partial charge >= 0.3 is 0 Å². The first-order chi connectivity index (χ1) is 13.5. The second-order valence-corrected chi connectivity index (χ2v) is 9.15. The molecule has 6 nitrogen and oxygen atoms in total. The molecule has 1 saturated heterocycles.